The Hall–Kier alpha value is -3.82. The van der Waals surface area contributed by atoms with Gasteiger partial charge in [0.1, 0.15) is 11.5 Å². The second kappa shape index (κ2) is 12.2. The number of ether oxygens (including phenoxy) is 2. The standard InChI is InChI=1S/C27H25N3O4S2/c1-18(26(32)30-27-29-23(17-35-27)22-13-6-7-14-24(22)33-2)36-21-12-8-9-19(15-21)28-25(31)16-34-20-10-4-3-5-11-20/h3-15,17-18H,16H2,1-2H3,(H,28,31)(H,29,30,32). The molecule has 0 bridgehead atoms. The number of rotatable bonds is 10. The second-order valence-corrected chi connectivity index (χ2v) is 9.94. The quantitative estimate of drug-likeness (QED) is 0.252. The average molecular weight is 520 g/mol. The molecule has 2 amide bonds. The van der Waals surface area contributed by atoms with Crippen LogP contribution in [0.2, 0.25) is 0 Å². The summed E-state index contributed by atoms with van der Waals surface area (Å²) in [5, 5.41) is 7.75. The maximum absolute atomic E-state index is 12.8. The zero-order valence-electron chi connectivity index (χ0n) is 19.8. The molecule has 0 aliphatic heterocycles. The Morgan fingerprint density at radius 1 is 1.00 bits per heavy atom. The van der Waals surface area contributed by atoms with Gasteiger partial charge >= 0.3 is 0 Å². The normalized spacial score (nSPS) is 11.4. The van der Waals surface area contributed by atoms with E-state index in [-0.39, 0.29) is 23.7 Å². The van der Waals surface area contributed by atoms with Crippen LogP contribution in [0.3, 0.4) is 0 Å². The third-order valence-corrected chi connectivity index (χ3v) is 6.88. The van der Waals surface area contributed by atoms with Crippen molar-refractivity contribution >= 4 is 45.7 Å². The number of hydrogen-bond acceptors (Lipinski definition) is 7. The van der Waals surface area contributed by atoms with Gasteiger partial charge in [-0.2, -0.15) is 0 Å². The van der Waals surface area contributed by atoms with Crippen LogP contribution in [0, 0.1) is 0 Å². The highest BCUT2D eigenvalue weighted by Crippen LogP contribution is 2.32. The van der Waals surface area contributed by atoms with E-state index < -0.39 is 0 Å². The highest BCUT2D eigenvalue weighted by atomic mass is 32.2. The maximum Gasteiger partial charge on any atom is 0.262 e. The molecule has 184 valence electrons. The molecule has 9 heteroatoms. The fourth-order valence-electron chi connectivity index (χ4n) is 3.29. The van der Waals surface area contributed by atoms with E-state index in [2.05, 4.69) is 15.6 Å². The van der Waals surface area contributed by atoms with E-state index in [1.54, 1.807) is 25.3 Å². The molecule has 0 aliphatic carbocycles. The molecule has 0 radical (unpaired) electrons. The third-order valence-electron chi connectivity index (χ3n) is 5.03. The van der Waals surface area contributed by atoms with Crippen molar-refractivity contribution in [2.45, 2.75) is 17.1 Å². The van der Waals surface area contributed by atoms with Crippen molar-refractivity contribution in [2.24, 2.45) is 0 Å². The molecular formula is C27H25N3O4S2. The van der Waals surface area contributed by atoms with Crippen molar-refractivity contribution in [3.8, 4) is 22.8 Å². The lowest BCUT2D eigenvalue weighted by molar-refractivity contribution is -0.118. The topological polar surface area (TPSA) is 89.6 Å². The minimum absolute atomic E-state index is 0.0924. The lowest BCUT2D eigenvalue weighted by Crippen LogP contribution is -2.22. The van der Waals surface area contributed by atoms with Crippen molar-refractivity contribution in [1.82, 2.24) is 4.98 Å². The van der Waals surface area contributed by atoms with Gasteiger partial charge in [0.15, 0.2) is 11.7 Å². The second-order valence-electron chi connectivity index (χ2n) is 7.67. The van der Waals surface area contributed by atoms with E-state index in [0.717, 1.165) is 21.9 Å². The van der Waals surface area contributed by atoms with Crippen molar-refractivity contribution in [1.29, 1.82) is 0 Å². The first kappa shape index (κ1) is 25.3. The average Bonchev–Trinajstić information content (AvgIpc) is 3.36. The number of methoxy groups -OCH3 is 1. The summed E-state index contributed by atoms with van der Waals surface area (Å²) in [7, 11) is 1.62. The molecule has 0 saturated heterocycles. The SMILES string of the molecule is COc1ccccc1-c1csc(NC(=O)C(C)Sc2cccc(NC(=O)COc3ccccc3)c2)n1. The first-order chi connectivity index (χ1) is 17.5. The summed E-state index contributed by atoms with van der Waals surface area (Å²) in [5.41, 5.74) is 2.25. The van der Waals surface area contributed by atoms with Crippen LogP contribution in [0.4, 0.5) is 10.8 Å². The van der Waals surface area contributed by atoms with Crippen molar-refractivity contribution in [3.05, 3.63) is 84.2 Å². The fourth-order valence-corrected chi connectivity index (χ4v) is 4.93. The van der Waals surface area contributed by atoms with Gasteiger partial charge in [0.2, 0.25) is 5.91 Å². The number of benzene rings is 3. The van der Waals surface area contributed by atoms with E-state index in [1.807, 2.05) is 73.0 Å². The summed E-state index contributed by atoms with van der Waals surface area (Å²) in [4.78, 5) is 30.4. The predicted octanol–water partition coefficient (Wildman–Crippen LogP) is 5.96. The number of aromatic nitrogens is 1. The van der Waals surface area contributed by atoms with Crippen molar-refractivity contribution < 1.29 is 19.1 Å². The minimum Gasteiger partial charge on any atom is -0.496 e. The number of thiazole rings is 1. The number of amides is 2. The molecule has 0 saturated carbocycles. The van der Waals surface area contributed by atoms with Crippen molar-refractivity contribution in [2.75, 3.05) is 24.4 Å². The fraction of sp³-hybridized carbons (Fsp3) is 0.148. The Bertz CT molecular complexity index is 1330. The molecule has 1 atom stereocenters. The molecule has 4 rings (SSSR count). The number of carbonyl (C=O) groups excluding carboxylic acids is 2. The van der Waals surface area contributed by atoms with E-state index in [1.165, 1.54) is 23.1 Å². The van der Waals surface area contributed by atoms with Gasteiger partial charge in [-0.3, -0.25) is 9.59 Å². The van der Waals surface area contributed by atoms with E-state index in [9.17, 15) is 9.59 Å². The minimum atomic E-state index is -0.379. The molecule has 1 heterocycles. The lowest BCUT2D eigenvalue weighted by atomic mass is 10.1. The number of anilines is 2. The van der Waals surface area contributed by atoms with Gasteiger partial charge in [-0.1, -0.05) is 36.4 Å². The van der Waals surface area contributed by atoms with E-state index >= 15 is 0 Å². The summed E-state index contributed by atoms with van der Waals surface area (Å²) < 4.78 is 10.9. The lowest BCUT2D eigenvalue weighted by Gasteiger charge is -2.12. The molecule has 0 fully saturated rings. The summed E-state index contributed by atoms with van der Waals surface area (Å²) in [6.07, 6.45) is 0. The molecular weight excluding hydrogens is 494 g/mol. The molecule has 7 nitrogen and oxygen atoms in total. The third kappa shape index (κ3) is 6.87. The number of carbonyl (C=O) groups is 2. The van der Waals surface area contributed by atoms with Gasteiger partial charge in [-0.15, -0.1) is 23.1 Å². The Morgan fingerprint density at radius 2 is 1.78 bits per heavy atom. The number of para-hydroxylation sites is 2. The van der Waals surface area contributed by atoms with Gasteiger partial charge in [0, 0.05) is 21.5 Å². The van der Waals surface area contributed by atoms with Gasteiger partial charge in [0.25, 0.3) is 5.91 Å². The van der Waals surface area contributed by atoms with Gasteiger partial charge < -0.3 is 20.1 Å². The molecule has 0 aliphatic rings. The Morgan fingerprint density at radius 3 is 2.58 bits per heavy atom. The smallest absolute Gasteiger partial charge is 0.262 e. The van der Waals surface area contributed by atoms with Crippen LogP contribution >= 0.6 is 23.1 Å². The highest BCUT2D eigenvalue weighted by molar-refractivity contribution is 8.00. The summed E-state index contributed by atoms with van der Waals surface area (Å²) >= 11 is 2.75. The van der Waals surface area contributed by atoms with E-state index in [4.69, 9.17) is 9.47 Å². The maximum atomic E-state index is 12.8. The van der Waals surface area contributed by atoms with Crippen LogP contribution < -0.4 is 20.1 Å². The summed E-state index contributed by atoms with van der Waals surface area (Å²) in [6.45, 7) is 1.73. The van der Waals surface area contributed by atoms with Crippen LogP contribution in [-0.4, -0.2) is 35.8 Å². The van der Waals surface area contributed by atoms with Gasteiger partial charge in [-0.05, 0) is 49.4 Å². The molecule has 36 heavy (non-hydrogen) atoms. The first-order valence-electron chi connectivity index (χ1n) is 11.2. The molecule has 3 aromatic carbocycles. The number of hydrogen-bond donors (Lipinski definition) is 2. The van der Waals surface area contributed by atoms with Crippen LogP contribution in [0.25, 0.3) is 11.3 Å². The first-order valence-corrected chi connectivity index (χ1v) is 12.9. The molecule has 2 N–H and O–H groups in total. The molecule has 1 aromatic heterocycles. The van der Waals surface area contributed by atoms with Crippen LogP contribution in [0.1, 0.15) is 6.92 Å². The van der Waals surface area contributed by atoms with Gasteiger partial charge in [-0.25, -0.2) is 4.98 Å². The van der Waals surface area contributed by atoms with Crippen LogP contribution in [0.5, 0.6) is 11.5 Å². The zero-order valence-corrected chi connectivity index (χ0v) is 21.4. The Balaban J connectivity index is 1.31. The predicted molar refractivity (Wildman–Crippen MR) is 145 cm³/mol. The van der Waals surface area contributed by atoms with E-state index in [0.29, 0.717) is 16.6 Å². The monoisotopic (exact) mass is 519 g/mol. The molecule has 0 spiro atoms. The molecule has 4 aromatic rings. The Kier molecular flexibility index (Phi) is 8.59. The Labute approximate surface area is 217 Å². The highest BCUT2D eigenvalue weighted by Gasteiger charge is 2.17. The largest absolute Gasteiger partial charge is 0.496 e. The number of nitrogens with zero attached hydrogens (tertiary/aromatic N) is 1. The number of thioether (sulfide) groups is 1. The van der Waals surface area contributed by atoms with Crippen molar-refractivity contribution in [3.63, 3.8) is 0 Å². The van der Waals surface area contributed by atoms with Crippen LogP contribution in [-0.2, 0) is 9.59 Å². The number of nitrogens with one attached hydrogen (secondary N) is 2. The van der Waals surface area contributed by atoms with Crippen LogP contribution in [0.15, 0.2) is 89.1 Å². The summed E-state index contributed by atoms with van der Waals surface area (Å²) in [5.74, 6) is 0.934. The molecule has 1 unspecified atom stereocenters. The zero-order chi connectivity index (χ0) is 25.3. The summed E-state index contributed by atoms with van der Waals surface area (Å²) in [6, 6.07) is 24.1. The van der Waals surface area contributed by atoms with Gasteiger partial charge in [0.05, 0.1) is 18.1 Å².